The molecule has 16 heavy (non-hydrogen) atoms. The molecule has 1 aromatic heterocycles. The van der Waals surface area contributed by atoms with E-state index >= 15 is 0 Å². The number of nitrogens with two attached hydrogens (primary N) is 1. The summed E-state index contributed by atoms with van der Waals surface area (Å²) in [6, 6.07) is 0.254. The molecule has 0 bridgehead atoms. The third-order valence-electron chi connectivity index (χ3n) is 2.46. The van der Waals surface area contributed by atoms with Gasteiger partial charge in [-0.2, -0.15) is 5.10 Å². The van der Waals surface area contributed by atoms with E-state index in [9.17, 15) is 4.79 Å². The van der Waals surface area contributed by atoms with Crippen LogP contribution in [0.2, 0.25) is 0 Å². The zero-order chi connectivity index (χ0) is 11.5. The van der Waals surface area contributed by atoms with Gasteiger partial charge in [0.15, 0.2) is 0 Å². The van der Waals surface area contributed by atoms with E-state index in [4.69, 9.17) is 5.73 Å². The van der Waals surface area contributed by atoms with Crippen LogP contribution in [0.25, 0.3) is 0 Å². The van der Waals surface area contributed by atoms with Crippen LogP contribution in [0.4, 0.5) is 0 Å². The Morgan fingerprint density at radius 3 is 3.06 bits per heavy atom. The third-order valence-corrected chi connectivity index (χ3v) is 3.50. The van der Waals surface area contributed by atoms with Gasteiger partial charge in [-0.1, -0.05) is 0 Å². The topological polar surface area (TPSA) is 72.9 Å². The molecule has 0 aliphatic heterocycles. The van der Waals surface area contributed by atoms with Crippen molar-refractivity contribution in [1.82, 2.24) is 15.1 Å². The molecule has 0 spiro atoms. The van der Waals surface area contributed by atoms with Gasteiger partial charge in [-0.15, -0.1) is 11.8 Å². The monoisotopic (exact) mass is 240 g/mol. The lowest BCUT2D eigenvalue weighted by Crippen LogP contribution is -2.44. The summed E-state index contributed by atoms with van der Waals surface area (Å²) in [6.07, 6.45) is 6.03. The van der Waals surface area contributed by atoms with Crippen LogP contribution in [0.1, 0.15) is 12.8 Å². The molecule has 0 radical (unpaired) electrons. The van der Waals surface area contributed by atoms with Crippen LogP contribution >= 0.6 is 11.8 Å². The minimum Gasteiger partial charge on any atom is -0.368 e. The van der Waals surface area contributed by atoms with E-state index < -0.39 is 0 Å². The number of nitrogens with one attached hydrogen (secondary N) is 1. The van der Waals surface area contributed by atoms with Crippen LogP contribution in [0.5, 0.6) is 0 Å². The summed E-state index contributed by atoms with van der Waals surface area (Å²) in [6.45, 7) is 0. The van der Waals surface area contributed by atoms with Crippen molar-refractivity contribution in [3.63, 3.8) is 0 Å². The number of carbonyl (C=O) groups excluding carboxylic acids is 1. The predicted octanol–water partition coefficient (Wildman–Crippen LogP) is 0.118. The second-order valence-electron chi connectivity index (χ2n) is 4.06. The van der Waals surface area contributed by atoms with Crippen LogP contribution in [-0.2, 0) is 11.8 Å². The number of amides is 1. The quantitative estimate of drug-likeness (QED) is 0.693. The molecular weight excluding hydrogens is 224 g/mol. The van der Waals surface area contributed by atoms with Gasteiger partial charge in [-0.25, -0.2) is 0 Å². The van der Waals surface area contributed by atoms with Crippen LogP contribution in [0, 0.1) is 0 Å². The number of hydrogen-bond donors (Lipinski definition) is 2. The highest BCUT2D eigenvalue weighted by Crippen LogP contribution is 2.22. The van der Waals surface area contributed by atoms with Crippen LogP contribution in [0.15, 0.2) is 17.3 Å². The Labute approximate surface area is 98.8 Å². The highest BCUT2D eigenvalue weighted by molar-refractivity contribution is 7.99. The molecule has 1 amide bonds. The summed E-state index contributed by atoms with van der Waals surface area (Å²) in [5.74, 6) is 0.389. The fraction of sp³-hybridized carbons (Fsp3) is 0.600. The molecule has 2 rings (SSSR count). The SMILES string of the molecule is Cn1cc(SCC(NC2CC2)C(N)=O)cn1. The first kappa shape index (κ1) is 11.5. The number of primary amides is 1. The first-order valence-electron chi connectivity index (χ1n) is 5.32. The second-order valence-corrected chi connectivity index (χ2v) is 5.15. The average Bonchev–Trinajstić information content (AvgIpc) is 2.95. The molecule has 1 saturated carbocycles. The van der Waals surface area contributed by atoms with Gasteiger partial charge in [0.1, 0.15) is 0 Å². The molecule has 1 aromatic rings. The smallest absolute Gasteiger partial charge is 0.235 e. The molecule has 0 saturated heterocycles. The molecule has 0 aromatic carbocycles. The van der Waals surface area contributed by atoms with Crippen molar-refractivity contribution in [2.75, 3.05) is 5.75 Å². The number of aryl methyl sites for hydroxylation is 1. The van der Waals surface area contributed by atoms with E-state index in [1.54, 1.807) is 22.6 Å². The Hall–Kier alpha value is -1.01. The molecule has 1 atom stereocenters. The number of aromatic nitrogens is 2. The lowest BCUT2D eigenvalue weighted by atomic mass is 10.3. The summed E-state index contributed by atoms with van der Waals surface area (Å²) >= 11 is 1.60. The van der Waals surface area contributed by atoms with E-state index in [1.165, 1.54) is 0 Å². The zero-order valence-electron chi connectivity index (χ0n) is 9.22. The fourth-order valence-corrected chi connectivity index (χ4v) is 2.37. The number of carbonyl (C=O) groups is 1. The number of nitrogens with zero attached hydrogens (tertiary/aromatic N) is 2. The van der Waals surface area contributed by atoms with Crippen LogP contribution in [0.3, 0.4) is 0 Å². The fourth-order valence-electron chi connectivity index (χ4n) is 1.40. The van der Waals surface area contributed by atoms with Crippen molar-refractivity contribution in [2.45, 2.75) is 29.8 Å². The third kappa shape index (κ3) is 3.24. The van der Waals surface area contributed by atoms with Crippen LogP contribution < -0.4 is 11.1 Å². The van der Waals surface area contributed by atoms with Crippen LogP contribution in [-0.4, -0.2) is 33.5 Å². The first-order valence-corrected chi connectivity index (χ1v) is 6.30. The average molecular weight is 240 g/mol. The Bertz CT molecular complexity index is 375. The highest BCUT2D eigenvalue weighted by Gasteiger charge is 2.27. The maximum atomic E-state index is 11.2. The van der Waals surface area contributed by atoms with Crippen molar-refractivity contribution in [1.29, 1.82) is 0 Å². The molecule has 1 fully saturated rings. The van der Waals surface area contributed by atoms with E-state index in [2.05, 4.69) is 10.4 Å². The normalized spacial score (nSPS) is 17.3. The number of rotatable bonds is 6. The Balaban J connectivity index is 1.83. The van der Waals surface area contributed by atoms with Gasteiger partial charge in [0.2, 0.25) is 5.91 Å². The van der Waals surface area contributed by atoms with E-state index in [0.29, 0.717) is 11.8 Å². The summed E-state index contributed by atoms with van der Waals surface area (Å²) in [5.41, 5.74) is 5.35. The van der Waals surface area contributed by atoms with Crippen molar-refractivity contribution >= 4 is 17.7 Å². The minimum absolute atomic E-state index is 0.238. The summed E-state index contributed by atoms with van der Waals surface area (Å²) in [7, 11) is 1.87. The Morgan fingerprint density at radius 1 is 1.81 bits per heavy atom. The first-order chi connectivity index (χ1) is 7.65. The van der Waals surface area contributed by atoms with Gasteiger partial charge in [0.05, 0.1) is 12.2 Å². The Kier molecular flexibility index (Phi) is 3.50. The maximum Gasteiger partial charge on any atom is 0.235 e. The van der Waals surface area contributed by atoms with Gasteiger partial charge in [-0.05, 0) is 12.8 Å². The molecule has 5 nitrogen and oxygen atoms in total. The standard InChI is InChI=1S/C10H16N4OS/c1-14-5-8(4-12-14)16-6-9(10(11)15)13-7-2-3-7/h4-5,7,9,13H,2-3,6H2,1H3,(H2,11,15). The zero-order valence-corrected chi connectivity index (χ0v) is 10.0. The van der Waals surface area contributed by atoms with Crippen molar-refractivity contribution in [2.24, 2.45) is 12.8 Å². The molecule has 88 valence electrons. The van der Waals surface area contributed by atoms with Gasteiger partial charge < -0.3 is 11.1 Å². The predicted molar refractivity (Wildman–Crippen MR) is 63.1 cm³/mol. The molecule has 6 heteroatoms. The van der Waals surface area contributed by atoms with E-state index in [0.717, 1.165) is 17.7 Å². The van der Waals surface area contributed by atoms with Gasteiger partial charge in [-0.3, -0.25) is 9.48 Å². The summed E-state index contributed by atoms with van der Waals surface area (Å²) < 4.78 is 1.75. The van der Waals surface area contributed by atoms with Gasteiger partial charge in [0.25, 0.3) is 0 Å². The van der Waals surface area contributed by atoms with Gasteiger partial charge in [0, 0.05) is 29.9 Å². The van der Waals surface area contributed by atoms with Crippen molar-refractivity contribution in [3.8, 4) is 0 Å². The van der Waals surface area contributed by atoms with Crippen molar-refractivity contribution in [3.05, 3.63) is 12.4 Å². The lowest BCUT2D eigenvalue weighted by Gasteiger charge is -2.13. The van der Waals surface area contributed by atoms with Crippen molar-refractivity contribution < 1.29 is 4.79 Å². The number of thioether (sulfide) groups is 1. The minimum atomic E-state index is -0.275. The Morgan fingerprint density at radius 2 is 2.56 bits per heavy atom. The second kappa shape index (κ2) is 4.88. The molecule has 3 N–H and O–H groups in total. The summed E-state index contributed by atoms with van der Waals surface area (Å²) in [4.78, 5) is 12.3. The van der Waals surface area contributed by atoms with E-state index in [-0.39, 0.29) is 11.9 Å². The molecule has 1 unspecified atom stereocenters. The maximum absolute atomic E-state index is 11.2. The molecule has 1 aliphatic rings. The number of hydrogen-bond acceptors (Lipinski definition) is 4. The lowest BCUT2D eigenvalue weighted by molar-refractivity contribution is -0.119. The molecular formula is C10H16N4OS. The molecule has 1 heterocycles. The largest absolute Gasteiger partial charge is 0.368 e. The molecule has 1 aliphatic carbocycles. The summed E-state index contributed by atoms with van der Waals surface area (Å²) in [5, 5.41) is 7.32. The van der Waals surface area contributed by atoms with Gasteiger partial charge >= 0.3 is 0 Å². The highest BCUT2D eigenvalue weighted by atomic mass is 32.2. The van der Waals surface area contributed by atoms with E-state index in [1.807, 2.05) is 13.2 Å².